The predicted molar refractivity (Wildman–Crippen MR) is 101 cm³/mol. The van der Waals surface area contributed by atoms with Gasteiger partial charge in [-0.1, -0.05) is 12.1 Å². The van der Waals surface area contributed by atoms with Gasteiger partial charge in [0.25, 0.3) is 5.91 Å². The number of rotatable bonds is 5. The van der Waals surface area contributed by atoms with E-state index in [0.29, 0.717) is 23.8 Å². The van der Waals surface area contributed by atoms with Crippen LogP contribution in [-0.2, 0) is 6.42 Å². The molecule has 3 N–H and O–H groups in total. The van der Waals surface area contributed by atoms with Crippen molar-refractivity contribution < 1.29 is 9.90 Å². The lowest BCUT2D eigenvalue weighted by molar-refractivity contribution is 0.0952. The Morgan fingerprint density at radius 2 is 2.23 bits per heavy atom. The lowest BCUT2D eigenvalue weighted by Gasteiger charge is -2.26. The van der Waals surface area contributed by atoms with Crippen LogP contribution in [0.1, 0.15) is 53.1 Å². The number of amides is 1. The number of fused-ring (bicyclic) bond motifs is 2. The molecule has 26 heavy (non-hydrogen) atoms. The van der Waals surface area contributed by atoms with Gasteiger partial charge in [0, 0.05) is 17.7 Å². The van der Waals surface area contributed by atoms with E-state index in [1.807, 2.05) is 18.2 Å². The largest absolute Gasteiger partial charge is 0.508 e. The molecule has 0 bridgehead atoms. The van der Waals surface area contributed by atoms with E-state index in [4.69, 9.17) is 0 Å². The van der Waals surface area contributed by atoms with Gasteiger partial charge in [-0.2, -0.15) is 0 Å². The lowest BCUT2D eigenvalue weighted by Crippen LogP contribution is -2.25. The third kappa shape index (κ3) is 3.29. The number of hydrogen-bond acceptors (Lipinski definition) is 3. The number of carbonyl (C=O) groups excluding carboxylic acids is 1. The average molecular weight is 349 g/mol. The van der Waals surface area contributed by atoms with E-state index >= 15 is 0 Å². The molecule has 0 unspecified atom stereocenters. The number of nitrogens with one attached hydrogen (secondary N) is 2. The molecular formula is C21H23N3O2. The van der Waals surface area contributed by atoms with Gasteiger partial charge in [0.2, 0.25) is 0 Å². The highest BCUT2D eigenvalue weighted by Crippen LogP contribution is 2.39. The van der Waals surface area contributed by atoms with Gasteiger partial charge >= 0.3 is 0 Å². The molecule has 0 aliphatic heterocycles. The number of aryl methyl sites for hydroxylation is 1. The summed E-state index contributed by atoms with van der Waals surface area (Å²) in [5.41, 5.74) is 4.76. The van der Waals surface area contributed by atoms with Crippen molar-refractivity contribution in [3.8, 4) is 5.75 Å². The first-order valence-electron chi connectivity index (χ1n) is 9.24. The first-order chi connectivity index (χ1) is 12.7. The number of phenolic OH excluding ortho intramolecular Hbond substituents is 1. The van der Waals surface area contributed by atoms with Crippen molar-refractivity contribution in [2.45, 2.75) is 38.0 Å². The molecule has 0 spiro atoms. The predicted octanol–water partition coefficient (Wildman–Crippen LogP) is 3.90. The monoisotopic (exact) mass is 349 g/mol. The average Bonchev–Trinajstić information content (AvgIpc) is 3.13. The molecule has 1 atom stereocenters. The summed E-state index contributed by atoms with van der Waals surface area (Å²) in [4.78, 5) is 19.5. The van der Waals surface area contributed by atoms with Crippen molar-refractivity contribution >= 4 is 16.9 Å². The fraction of sp³-hybridized carbons (Fsp3) is 0.333. The smallest absolute Gasteiger partial charge is 0.251 e. The topological polar surface area (TPSA) is 78.0 Å². The Bertz CT molecular complexity index is 932. The Balaban J connectivity index is 1.32. The van der Waals surface area contributed by atoms with Gasteiger partial charge < -0.3 is 15.4 Å². The molecule has 134 valence electrons. The van der Waals surface area contributed by atoms with Crippen molar-refractivity contribution in [2.24, 2.45) is 0 Å². The number of aromatic nitrogens is 2. The molecule has 1 aliphatic carbocycles. The fourth-order valence-corrected chi connectivity index (χ4v) is 3.99. The van der Waals surface area contributed by atoms with Gasteiger partial charge in [-0.05, 0) is 67.9 Å². The zero-order valence-corrected chi connectivity index (χ0v) is 14.7. The second-order valence-corrected chi connectivity index (χ2v) is 6.97. The minimum absolute atomic E-state index is 0.0617. The third-order valence-electron chi connectivity index (χ3n) is 5.28. The van der Waals surface area contributed by atoms with Crippen LogP contribution in [0.4, 0.5) is 0 Å². The van der Waals surface area contributed by atoms with Gasteiger partial charge in [0.1, 0.15) is 5.75 Å². The first kappa shape index (κ1) is 16.6. The van der Waals surface area contributed by atoms with Crippen LogP contribution >= 0.6 is 0 Å². The molecule has 1 heterocycles. The second-order valence-electron chi connectivity index (χ2n) is 6.97. The summed E-state index contributed by atoms with van der Waals surface area (Å²) in [6, 6.07) is 11.3. The number of H-pyrrole nitrogens is 1. The maximum Gasteiger partial charge on any atom is 0.251 e. The number of phenols is 1. The maximum absolute atomic E-state index is 12.3. The van der Waals surface area contributed by atoms with Crippen LogP contribution < -0.4 is 5.32 Å². The van der Waals surface area contributed by atoms with E-state index in [2.05, 4.69) is 21.4 Å². The summed E-state index contributed by atoms with van der Waals surface area (Å²) >= 11 is 0. The highest BCUT2D eigenvalue weighted by Gasteiger charge is 2.22. The molecule has 4 rings (SSSR count). The molecule has 5 nitrogen and oxygen atoms in total. The summed E-state index contributed by atoms with van der Waals surface area (Å²) in [6.07, 6.45) is 6.82. The minimum atomic E-state index is -0.0617. The zero-order chi connectivity index (χ0) is 17.9. The van der Waals surface area contributed by atoms with Gasteiger partial charge in [0.05, 0.1) is 17.4 Å². The second kappa shape index (κ2) is 7.20. The molecule has 2 aromatic carbocycles. The van der Waals surface area contributed by atoms with E-state index in [-0.39, 0.29) is 5.91 Å². The van der Waals surface area contributed by atoms with Crippen LogP contribution in [0, 0.1) is 0 Å². The Labute approximate surface area is 152 Å². The van der Waals surface area contributed by atoms with Crippen LogP contribution in [0.2, 0.25) is 0 Å². The molecule has 1 aromatic heterocycles. The third-order valence-corrected chi connectivity index (χ3v) is 5.28. The summed E-state index contributed by atoms with van der Waals surface area (Å²) in [6.45, 7) is 0.638. The molecule has 0 fully saturated rings. The Morgan fingerprint density at radius 1 is 1.31 bits per heavy atom. The fourth-order valence-electron chi connectivity index (χ4n) is 3.99. The number of imidazole rings is 1. The number of aromatic amines is 1. The number of aromatic hydroxyl groups is 1. The first-order valence-corrected chi connectivity index (χ1v) is 9.24. The summed E-state index contributed by atoms with van der Waals surface area (Å²) in [5, 5.41) is 13.2. The zero-order valence-electron chi connectivity index (χ0n) is 14.7. The molecule has 0 saturated heterocycles. The SMILES string of the molecule is O=C(NCCC[C@H]1CCCc2cccc(O)c21)c1ccc2nc[nH]c2c1. The van der Waals surface area contributed by atoms with E-state index < -0.39 is 0 Å². The Morgan fingerprint density at radius 3 is 3.15 bits per heavy atom. The summed E-state index contributed by atoms with van der Waals surface area (Å²) in [5.74, 6) is 0.746. The molecule has 0 saturated carbocycles. The van der Waals surface area contributed by atoms with Gasteiger partial charge in [-0.25, -0.2) is 4.98 Å². The highest BCUT2D eigenvalue weighted by molar-refractivity contribution is 5.97. The normalized spacial score (nSPS) is 16.4. The van der Waals surface area contributed by atoms with Crippen molar-refractivity contribution in [1.29, 1.82) is 0 Å². The molecule has 1 amide bonds. The number of hydrogen-bond donors (Lipinski definition) is 3. The van der Waals surface area contributed by atoms with E-state index in [1.54, 1.807) is 18.5 Å². The molecule has 3 aromatic rings. The van der Waals surface area contributed by atoms with E-state index in [1.165, 1.54) is 5.56 Å². The van der Waals surface area contributed by atoms with E-state index in [9.17, 15) is 9.90 Å². The van der Waals surface area contributed by atoms with Gasteiger partial charge in [-0.3, -0.25) is 4.79 Å². The van der Waals surface area contributed by atoms with Crippen molar-refractivity contribution in [1.82, 2.24) is 15.3 Å². The summed E-state index contributed by atoms with van der Waals surface area (Å²) < 4.78 is 0. The maximum atomic E-state index is 12.3. The standard InChI is InChI=1S/C21H23N3O2/c25-19-8-2-6-14-4-1-5-15(20(14)19)7-3-11-22-21(26)16-9-10-17-18(12-16)24-13-23-17/h2,6,8-10,12-13,15,25H,1,3-5,7,11H2,(H,22,26)(H,23,24)/t15-/m1/s1. The highest BCUT2D eigenvalue weighted by atomic mass is 16.3. The lowest BCUT2D eigenvalue weighted by atomic mass is 9.80. The van der Waals surface area contributed by atoms with Crippen LogP contribution in [0.25, 0.3) is 11.0 Å². The Hall–Kier alpha value is -2.82. The number of nitrogens with zero attached hydrogens (tertiary/aromatic N) is 1. The van der Waals surface area contributed by atoms with Crippen molar-refractivity contribution in [3.05, 3.63) is 59.4 Å². The Kier molecular flexibility index (Phi) is 4.61. The number of benzene rings is 2. The number of carbonyl (C=O) groups is 1. The minimum Gasteiger partial charge on any atom is -0.508 e. The summed E-state index contributed by atoms with van der Waals surface area (Å²) in [7, 11) is 0. The van der Waals surface area contributed by atoms with Crippen molar-refractivity contribution in [3.63, 3.8) is 0 Å². The van der Waals surface area contributed by atoms with Crippen LogP contribution in [-0.4, -0.2) is 27.5 Å². The molecule has 5 heteroatoms. The van der Waals surface area contributed by atoms with Gasteiger partial charge in [0.15, 0.2) is 0 Å². The van der Waals surface area contributed by atoms with Crippen molar-refractivity contribution in [2.75, 3.05) is 6.54 Å². The molecule has 0 radical (unpaired) electrons. The van der Waals surface area contributed by atoms with Crippen LogP contribution in [0.3, 0.4) is 0 Å². The molecular weight excluding hydrogens is 326 g/mol. The quantitative estimate of drug-likeness (QED) is 0.611. The van der Waals surface area contributed by atoms with Gasteiger partial charge in [-0.15, -0.1) is 0 Å². The van der Waals surface area contributed by atoms with Crippen LogP contribution in [0.15, 0.2) is 42.7 Å². The molecule has 1 aliphatic rings. The van der Waals surface area contributed by atoms with E-state index in [0.717, 1.165) is 48.7 Å². The van der Waals surface area contributed by atoms with Crippen LogP contribution in [0.5, 0.6) is 5.75 Å².